The topological polar surface area (TPSA) is 148 Å². The van der Waals surface area contributed by atoms with Gasteiger partial charge in [0, 0.05) is 43.3 Å². The molecule has 40 heavy (non-hydrogen) atoms. The molecule has 0 aromatic heterocycles. The fraction of sp³-hybridized carbons (Fsp3) is 0.419. The van der Waals surface area contributed by atoms with E-state index in [9.17, 15) is 30.0 Å². The number of hydrogen-bond donors (Lipinski definition) is 5. The molecule has 0 saturated heterocycles. The molecule has 4 unspecified atom stereocenters. The van der Waals surface area contributed by atoms with Gasteiger partial charge in [0.25, 0.3) is 0 Å². The summed E-state index contributed by atoms with van der Waals surface area (Å²) >= 11 is 0. The van der Waals surface area contributed by atoms with E-state index in [-0.39, 0.29) is 40.4 Å². The zero-order valence-electron chi connectivity index (χ0n) is 23.7. The number of ketones is 1. The standard InChI is InChI=1S/C31H37N3O6/c1-14-7-15(2)9-16(8-14)18-12-22(33(3)4)19-10-17-11-21-25(34(5)6)27(36)20(30(32)39)13-31(21,40)29(38)23(17)28(37)24(19)26(18)35/h7-9,12,17,21,25,35-37,40H,10-11,13H2,1-6H3,(H2,32,39). The summed E-state index contributed by atoms with van der Waals surface area (Å²) in [6.07, 6.45) is 0.164. The number of aromatic hydroxyl groups is 1. The Morgan fingerprint density at radius 1 is 1.02 bits per heavy atom. The number of nitrogens with zero attached hydrogens (tertiary/aromatic N) is 2. The molecular weight excluding hydrogens is 510 g/mol. The highest BCUT2D eigenvalue weighted by Crippen LogP contribution is 2.55. The van der Waals surface area contributed by atoms with Crippen LogP contribution in [-0.4, -0.2) is 76.9 Å². The lowest BCUT2D eigenvalue weighted by Gasteiger charge is -2.51. The van der Waals surface area contributed by atoms with Crippen LogP contribution in [0.1, 0.15) is 35.1 Å². The average Bonchev–Trinajstić information content (AvgIpc) is 2.84. The number of fused-ring (bicyclic) bond motifs is 3. The average molecular weight is 548 g/mol. The van der Waals surface area contributed by atoms with E-state index in [1.54, 1.807) is 19.0 Å². The van der Waals surface area contributed by atoms with Crippen LogP contribution >= 0.6 is 0 Å². The maximum atomic E-state index is 14.1. The van der Waals surface area contributed by atoms with Gasteiger partial charge in [-0.1, -0.05) is 29.3 Å². The highest BCUT2D eigenvalue weighted by molar-refractivity contribution is 6.11. The fourth-order valence-electron chi connectivity index (χ4n) is 7.13. The third kappa shape index (κ3) is 3.98. The van der Waals surface area contributed by atoms with E-state index in [1.165, 1.54) is 0 Å². The minimum absolute atomic E-state index is 0.0338. The molecule has 3 aliphatic rings. The zero-order valence-corrected chi connectivity index (χ0v) is 23.7. The molecule has 1 amide bonds. The number of aryl methyl sites for hydroxylation is 2. The van der Waals surface area contributed by atoms with E-state index >= 15 is 0 Å². The van der Waals surface area contributed by atoms with Gasteiger partial charge in [-0.2, -0.15) is 0 Å². The number of Topliss-reactive ketones (excluding diaryl/α,β-unsaturated/α-hetero) is 1. The van der Waals surface area contributed by atoms with Crippen LogP contribution in [0.2, 0.25) is 0 Å². The number of hydrogen-bond acceptors (Lipinski definition) is 8. The fourth-order valence-corrected chi connectivity index (χ4v) is 7.13. The molecule has 6 N–H and O–H groups in total. The number of likely N-dealkylation sites (N-methyl/N-ethyl adjacent to an activating group) is 1. The summed E-state index contributed by atoms with van der Waals surface area (Å²) < 4.78 is 0. The number of aliphatic hydroxyl groups is 3. The second-order valence-corrected chi connectivity index (χ2v) is 12.0. The number of benzene rings is 2. The number of anilines is 1. The first-order chi connectivity index (χ1) is 18.7. The number of carbonyl (C=O) groups excluding carboxylic acids is 2. The first-order valence-electron chi connectivity index (χ1n) is 13.4. The van der Waals surface area contributed by atoms with Crippen molar-refractivity contribution in [3.05, 3.63) is 63.4 Å². The number of carbonyl (C=O) groups is 2. The monoisotopic (exact) mass is 547 g/mol. The lowest BCUT2D eigenvalue weighted by Crippen LogP contribution is -2.62. The van der Waals surface area contributed by atoms with Gasteiger partial charge in [0.15, 0.2) is 5.78 Å². The Morgan fingerprint density at radius 3 is 2.20 bits per heavy atom. The molecule has 212 valence electrons. The van der Waals surface area contributed by atoms with Crippen molar-refractivity contribution in [3.63, 3.8) is 0 Å². The molecule has 9 nitrogen and oxygen atoms in total. The molecule has 2 aromatic rings. The van der Waals surface area contributed by atoms with E-state index < -0.39 is 41.6 Å². The van der Waals surface area contributed by atoms with Gasteiger partial charge in [0.05, 0.1) is 17.2 Å². The summed E-state index contributed by atoms with van der Waals surface area (Å²) in [5, 5.41) is 46.1. The summed E-state index contributed by atoms with van der Waals surface area (Å²) in [7, 11) is 7.17. The van der Waals surface area contributed by atoms with Gasteiger partial charge in [-0.15, -0.1) is 0 Å². The van der Waals surface area contributed by atoms with Crippen molar-refractivity contribution in [1.82, 2.24) is 4.90 Å². The van der Waals surface area contributed by atoms with Crippen molar-refractivity contribution in [3.8, 4) is 16.9 Å². The molecule has 5 rings (SSSR count). The highest BCUT2D eigenvalue weighted by atomic mass is 16.3. The van der Waals surface area contributed by atoms with Gasteiger partial charge >= 0.3 is 0 Å². The van der Waals surface area contributed by atoms with Gasteiger partial charge in [0.1, 0.15) is 22.9 Å². The van der Waals surface area contributed by atoms with Crippen LogP contribution in [0.15, 0.2) is 41.2 Å². The third-order valence-corrected chi connectivity index (χ3v) is 8.81. The molecule has 1 fully saturated rings. The highest BCUT2D eigenvalue weighted by Gasteiger charge is 2.60. The van der Waals surface area contributed by atoms with Crippen molar-refractivity contribution in [2.24, 2.45) is 17.6 Å². The largest absolute Gasteiger partial charge is 0.510 e. The predicted molar refractivity (Wildman–Crippen MR) is 153 cm³/mol. The maximum absolute atomic E-state index is 14.1. The van der Waals surface area contributed by atoms with Crippen molar-refractivity contribution < 1.29 is 30.0 Å². The van der Waals surface area contributed by atoms with Gasteiger partial charge < -0.3 is 31.1 Å². The van der Waals surface area contributed by atoms with E-state index in [4.69, 9.17) is 5.73 Å². The van der Waals surface area contributed by atoms with Crippen LogP contribution in [0.4, 0.5) is 5.69 Å². The van der Waals surface area contributed by atoms with Crippen LogP contribution in [0, 0.1) is 25.7 Å². The minimum atomic E-state index is -2.06. The number of phenolic OH excluding ortho intramolecular Hbond substituents is 1. The smallest absolute Gasteiger partial charge is 0.248 e. The molecular formula is C31H37N3O6. The predicted octanol–water partition coefficient (Wildman–Crippen LogP) is 3.13. The summed E-state index contributed by atoms with van der Waals surface area (Å²) in [6, 6.07) is 7.03. The number of amides is 1. The Balaban J connectivity index is 1.73. The maximum Gasteiger partial charge on any atom is 0.248 e. The molecule has 0 spiro atoms. The van der Waals surface area contributed by atoms with Crippen LogP contribution in [0.3, 0.4) is 0 Å². The third-order valence-electron chi connectivity index (χ3n) is 8.81. The molecule has 2 aromatic carbocycles. The van der Waals surface area contributed by atoms with E-state index in [1.807, 2.05) is 57.1 Å². The molecule has 1 saturated carbocycles. The molecule has 0 radical (unpaired) electrons. The number of rotatable bonds is 4. The Hall–Kier alpha value is -3.82. The summed E-state index contributed by atoms with van der Waals surface area (Å²) in [5.74, 6) is -3.58. The van der Waals surface area contributed by atoms with Gasteiger partial charge in [-0.05, 0) is 63.9 Å². The van der Waals surface area contributed by atoms with Gasteiger partial charge in [-0.25, -0.2) is 0 Å². The van der Waals surface area contributed by atoms with Crippen LogP contribution in [0.25, 0.3) is 16.9 Å². The summed E-state index contributed by atoms with van der Waals surface area (Å²) in [6.45, 7) is 3.94. The second kappa shape index (κ2) is 9.38. The van der Waals surface area contributed by atoms with Gasteiger partial charge in [-0.3, -0.25) is 14.5 Å². The van der Waals surface area contributed by atoms with Crippen LogP contribution in [-0.2, 0) is 16.0 Å². The molecule has 4 atom stereocenters. The van der Waals surface area contributed by atoms with Crippen LogP contribution in [0.5, 0.6) is 5.75 Å². The Labute approximate surface area is 233 Å². The molecule has 0 aliphatic heterocycles. The number of aliphatic hydroxyl groups excluding tert-OH is 2. The van der Waals surface area contributed by atoms with Crippen molar-refractivity contribution in [2.45, 2.75) is 44.8 Å². The Morgan fingerprint density at radius 2 is 1.65 bits per heavy atom. The quantitative estimate of drug-likeness (QED) is 0.392. The molecule has 0 heterocycles. The number of phenols is 1. The summed E-state index contributed by atoms with van der Waals surface area (Å²) in [4.78, 5) is 29.9. The number of nitrogens with two attached hydrogens (primary N) is 1. The molecule has 0 bridgehead atoms. The zero-order chi connectivity index (χ0) is 29.4. The normalized spacial score (nSPS) is 26.0. The second-order valence-electron chi connectivity index (χ2n) is 12.0. The van der Waals surface area contributed by atoms with Crippen molar-refractivity contribution in [2.75, 3.05) is 33.1 Å². The van der Waals surface area contributed by atoms with E-state index in [2.05, 4.69) is 0 Å². The van der Waals surface area contributed by atoms with Crippen LogP contribution < -0.4 is 10.6 Å². The first-order valence-corrected chi connectivity index (χ1v) is 13.4. The van der Waals surface area contributed by atoms with Gasteiger partial charge in [0.2, 0.25) is 5.91 Å². The minimum Gasteiger partial charge on any atom is -0.510 e. The Bertz CT molecular complexity index is 1500. The van der Waals surface area contributed by atoms with E-state index in [0.717, 1.165) is 22.4 Å². The summed E-state index contributed by atoms with van der Waals surface area (Å²) in [5.41, 5.74) is 8.32. The first kappa shape index (κ1) is 27.7. The lowest BCUT2D eigenvalue weighted by molar-refractivity contribution is -0.151. The SMILES string of the molecule is Cc1cc(C)cc(-c2cc(N(C)C)c3c(c2O)C(O)=C2C(=O)C4(O)CC(C(N)=O)=C(O)C(N(C)C)C4CC2C3)c1. The molecule has 9 heteroatoms. The Kier molecular flexibility index (Phi) is 6.51. The van der Waals surface area contributed by atoms with Crippen molar-refractivity contribution in [1.29, 1.82) is 0 Å². The van der Waals surface area contributed by atoms with E-state index in [0.29, 0.717) is 17.5 Å². The number of primary amides is 1. The van der Waals surface area contributed by atoms with Crippen molar-refractivity contribution >= 4 is 23.1 Å². The molecule has 3 aliphatic carbocycles. The lowest BCUT2D eigenvalue weighted by atomic mass is 9.57.